The van der Waals surface area contributed by atoms with Crippen LogP contribution < -0.4 is 4.74 Å². The molecule has 1 heterocycles. The maximum atomic E-state index is 15.3. The minimum absolute atomic E-state index is 0.0182. The average molecular weight is 586 g/mol. The summed E-state index contributed by atoms with van der Waals surface area (Å²) in [6.07, 6.45) is 2.66. The number of fused-ring (bicyclic) bond motifs is 1. The third-order valence-corrected chi connectivity index (χ3v) is 8.55. The van der Waals surface area contributed by atoms with Crippen LogP contribution in [0.25, 0.3) is 5.69 Å². The predicted molar refractivity (Wildman–Crippen MR) is 154 cm³/mol. The molecular weight excluding hydrogens is 555 g/mol. The number of nitrogens with zero attached hydrogens (tertiary/aromatic N) is 3. The molecule has 1 aliphatic rings. The second-order valence-electron chi connectivity index (χ2n) is 10.3. The summed E-state index contributed by atoms with van der Waals surface area (Å²) in [7, 11) is 3.79. The van der Waals surface area contributed by atoms with Crippen molar-refractivity contribution in [3.8, 4) is 11.4 Å². The Hall–Kier alpha value is -2.94. The van der Waals surface area contributed by atoms with E-state index < -0.39 is 11.6 Å². The van der Waals surface area contributed by atoms with Gasteiger partial charge in [0.1, 0.15) is 18.2 Å². The largest absolute Gasteiger partial charge is 0.489 e. The van der Waals surface area contributed by atoms with E-state index in [2.05, 4.69) is 6.07 Å². The van der Waals surface area contributed by atoms with E-state index >= 15 is 4.39 Å². The van der Waals surface area contributed by atoms with Crippen molar-refractivity contribution in [2.45, 2.75) is 43.0 Å². The number of hydrogen-bond acceptors (Lipinski definition) is 4. The SMILES string of the molecule is Cc1cc(C2CCCc3nc(SCc4c(F)ccc(OCCN(C)C)c4F)n(-c4ccc(F)cc4)c32)ccc1Cl. The zero-order valence-corrected chi connectivity index (χ0v) is 24.3. The number of imidazole rings is 1. The first-order chi connectivity index (χ1) is 19.2. The first kappa shape index (κ1) is 28.6. The van der Waals surface area contributed by atoms with Crippen molar-refractivity contribution in [3.63, 3.8) is 0 Å². The van der Waals surface area contributed by atoms with Gasteiger partial charge in [-0.1, -0.05) is 35.5 Å². The van der Waals surface area contributed by atoms with Crippen LogP contribution in [0, 0.1) is 24.4 Å². The minimum Gasteiger partial charge on any atom is -0.489 e. The lowest BCUT2D eigenvalue weighted by Crippen LogP contribution is -2.19. The number of aromatic nitrogens is 2. The van der Waals surface area contributed by atoms with Crippen molar-refractivity contribution in [3.05, 3.63) is 105 Å². The van der Waals surface area contributed by atoms with E-state index in [1.54, 1.807) is 12.1 Å². The van der Waals surface area contributed by atoms with Crippen molar-refractivity contribution >= 4 is 23.4 Å². The van der Waals surface area contributed by atoms with E-state index in [1.165, 1.54) is 36.0 Å². The van der Waals surface area contributed by atoms with Gasteiger partial charge in [0.2, 0.25) is 0 Å². The molecule has 0 fully saturated rings. The summed E-state index contributed by atoms with van der Waals surface area (Å²) in [6.45, 7) is 2.88. The third kappa shape index (κ3) is 6.04. The number of ether oxygens (including phenoxy) is 1. The van der Waals surface area contributed by atoms with E-state index in [4.69, 9.17) is 21.3 Å². The Morgan fingerprint density at radius 1 is 1.07 bits per heavy atom. The van der Waals surface area contributed by atoms with Crippen LogP contribution in [-0.2, 0) is 12.2 Å². The maximum Gasteiger partial charge on any atom is 0.173 e. The molecule has 1 unspecified atom stereocenters. The Morgan fingerprint density at radius 2 is 1.85 bits per heavy atom. The molecule has 3 aromatic carbocycles. The van der Waals surface area contributed by atoms with Crippen LogP contribution in [-0.4, -0.2) is 41.7 Å². The normalized spacial score (nSPS) is 14.9. The molecule has 4 nitrogen and oxygen atoms in total. The van der Waals surface area contributed by atoms with Gasteiger partial charge < -0.3 is 9.64 Å². The Morgan fingerprint density at radius 3 is 2.58 bits per heavy atom. The van der Waals surface area contributed by atoms with E-state index in [0.717, 1.165) is 47.5 Å². The number of rotatable bonds is 9. The van der Waals surface area contributed by atoms with Crippen LogP contribution in [0.3, 0.4) is 0 Å². The van der Waals surface area contributed by atoms with Gasteiger partial charge in [0.05, 0.1) is 11.4 Å². The fourth-order valence-corrected chi connectivity index (χ4v) is 6.21. The Balaban J connectivity index is 1.52. The fourth-order valence-electron chi connectivity index (χ4n) is 5.05. The van der Waals surface area contributed by atoms with E-state index in [9.17, 15) is 8.78 Å². The maximum absolute atomic E-state index is 15.3. The Kier molecular flexibility index (Phi) is 8.78. The van der Waals surface area contributed by atoms with Crippen LogP contribution in [0.5, 0.6) is 5.75 Å². The van der Waals surface area contributed by atoms with E-state index in [1.807, 2.05) is 42.6 Å². The molecule has 9 heteroatoms. The van der Waals surface area contributed by atoms with Gasteiger partial charge in [0, 0.05) is 34.5 Å². The summed E-state index contributed by atoms with van der Waals surface area (Å²) in [6, 6.07) is 14.9. The topological polar surface area (TPSA) is 30.3 Å². The molecule has 5 rings (SSSR count). The molecule has 0 aliphatic heterocycles. The first-order valence-electron chi connectivity index (χ1n) is 13.2. The van der Waals surface area contributed by atoms with Gasteiger partial charge in [-0.15, -0.1) is 0 Å². The van der Waals surface area contributed by atoms with Gasteiger partial charge in [-0.3, -0.25) is 4.57 Å². The van der Waals surface area contributed by atoms with Gasteiger partial charge in [-0.05, 0) is 93.9 Å². The Bertz CT molecular complexity index is 1510. The zero-order valence-electron chi connectivity index (χ0n) is 22.7. The van der Waals surface area contributed by atoms with E-state index in [-0.39, 0.29) is 35.4 Å². The van der Waals surface area contributed by atoms with Gasteiger partial charge >= 0.3 is 0 Å². The van der Waals surface area contributed by atoms with Crippen molar-refractivity contribution in [1.82, 2.24) is 14.5 Å². The van der Waals surface area contributed by atoms with Crippen LogP contribution in [0.1, 0.15) is 46.8 Å². The molecule has 0 radical (unpaired) electrons. The highest BCUT2D eigenvalue weighted by Crippen LogP contribution is 2.42. The van der Waals surface area contributed by atoms with Gasteiger partial charge in [-0.25, -0.2) is 18.2 Å². The molecule has 0 saturated carbocycles. The van der Waals surface area contributed by atoms with Crippen molar-refractivity contribution in [2.75, 3.05) is 27.2 Å². The van der Waals surface area contributed by atoms with Crippen LogP contribution >= 0.6 is 23.4 Å². The highest BCUT2D eigenvalue weighted by molar-refractivity contribution is 7.98. The van der Waals surface area contributed by atoms with E-state index in [0.29, 0.717) is 16.7 Å². The molecule has 0 bridgehead atoms. The van der Waals surface area contributed by atoms with Crippen LogP contribution in [0.15, 0.2) is 59.8 Å². The van der Waals surface area contributed by atoms with Crippen molar-refractivity contribution in [1.29, 1.82) is 0 Å². The molecule has 40 heavy (non-hydrogen) atoms. The number of hydrogen-bond donors (Lipinski definition) is 0. The summed E-state index contributed by atoms with van der Waals surface area (Å²) in [4.78, 5) is 6.88. The van der Waals surface area contributed by atoms with Crippen LogP contribution in [0.2, 0.25) is 5.02 Å². The summed E-state index contributed by atoms with van der Waals surface area (Å²) in [5.74, 6) is -1.59. The summed E-state index contributed by atoms with van der Waals surface area (Å²) in [5.41, 5.74) is 4.76. The third-order valence-electron chi connectivity index (χ3n) is 7.16. The first-order valence-corrected chi connectivity index (χ1v) is 14.6. The Labute approximate surface area is 242 Å². The smallest absolute Gasteiger partial charge is 0.173 e. The molecule has 210 valence electrons. The zero-order chi connectivity index (χ0) is 28.4. The quantitative estimate of drug-likeness (QED) is 0.186. The lowest BCUT2D eigenvalue weighted by atomic mass is 9.83. The summed E-state index contributed by atoms with van der Waals surface area (Å²) in [5, 5.41) is 1.31. The second kappa shape index (κ2) is 12.3. The van der Waals surface area contributed by atoms with Gasteiger partial charge in [0.25, 0.3) is 0 Å². The number of aryl methyl sites for hydroxylation is 2. The van der Waals surface area contributed by atoms with Crippen molar-refractivity contribution < 1.29 is 17.9 Å². The molecule has 1 atom stereocenters. The standard InChI is InChI=1S/C31H31ClF3N3OS/c1-19-17-20(7-12-25(19)32)23-5-4-6-27-30(23)38(22-10-8-21(33)9-11-22)31(36-27)40-18-24-26(34)13-14-28(29(24)35)39-16-15-37(2)3/h7-14,17,23H,4-6,15-16,18H2,1-3H3. The molecule has 1 aromatic heterocycles. The molecule has 4 aromatic rings. The highest BCUT2D eigenvalue weighted by Gasteiger charge is 2.30. The molecule has 0 amide bonds. The molecule has 0 N–H and O–H groups in total. The predicted octanol–water partition coefficient (Wildman–Crippen LogP) is 7.95. The molecule has 0 saturated heterocycles. The van der Waals surface area contributed by atoms with Crippen molar-refractivity contribution in [2.24, 2.45) is 0 Å². The summed E-state index contributed by atoms with van der Waals surface area (Å²) < 4.78 is 51.7. The monoisotopic (exact) mass is 585 g/mol. The molecule has 1 aliphatic carbocycles. The average Bonchev–Trinajstić information content (AvgIpc) is 3.30. The number of likely N-dealkylation sites (N-methyl/N-ethyl adjacent to an activating group) is 1. The lowest BCUT2D eigenvalue weighted by molar-refractivity contribution is 0.251. The van der Waals surface area contributed by atoms with Gasteiger partial charge in [0.15, 0.2) is 16.7 Å². The molecule has 0 spiro atoms. The van der Waals surface area contributed by atoms with Crippen LogP contribution in [0.4, 0.5) is 13.2 Å². The van der Waals surface area contributed by atoms with Gasteiger partial charge in [-0.2, -0.15) is 0 Å². The fraction of sp³-hybridized carbons (Fsp3) is 0.323. The second-order valence-corrected chi connectivity index (χ2v) is 11.6. The number of benzene rings is 3. The minimum atomic E-state index is -0.703. The highest BCUT2D eigenvalue weighted by atomic mass is 35.5. The number of halogens is 4. The number of thioether (sulfide) groups is 1. The lowest BCUT2D eigenvalue weighted by Gasteiger charge is -2.25. The molecular formula is C31H31ClF3N3OS. The summed E-state index contributed by atoms with van der Waals surface area (Å²) >= 11 is 7.57.